The molecule has 1 atom stereocenters. The molecule has 0 amide bonds. The first-order valence-corrected chi connectivity index (χ1v) is 6.61. The van der Waals surface area contributed by atoms with Crippen LogP contribution < -0.4 is 4.74 Å². The van der Waals surface area contributed by atoms with Crippen molar-refractivity contribution in [3.05, 3.63) is 32.3 Å². The summed E-state index contributed by atoms with van der Waals surface area (Å²) >= 11 is 11.5. The van der Waals surface area contributed by atoms with Crippen LogP contribution in [0.25, 0.3) is 0 Å². The molecule has 0 radical (unpaired) electrons. The predicted molar refractivity (Wildman–Crippen MR) is 72.5 cm³/mol. The Morgan fingerprint density at radius 1 is 1.45 bits per heavy atom. The molecule has 0 N–H and O–H groups in total. The second-order valence-corrected chi connectivity index (χ2v) is 5.12. The van der Waals surface area contributed by atoms with E-state index < -0.39 is 4.92 Å². The second kappa shape index (κ2) is 6.39. The monoisotopic (exact) mass is 319 g/mol. The zero-order chi connectivity index (χ0) is 14.7. The number of nitro benzene ring substituents is 1. The highest BCUT2D eigenvalue weighted by atomic mass is 35.5. The molecule has 0 aliphatic carbocycles. The molecule has 1 unspecified atom stereocenters. The molecule has 0 bridgehead atoms. The average molecular weight is 320 g/mol. The van der Waals surface area contributed by atoms with Crippen molar-refractivity contribution in [2.75, 3.05) is 19.8 Å². The van der Waals surface area contributed by atoms with E-state index in [0.717, 1.165) is 6.07 Å². The van der Waals surface area contributed by atoms with Gasteiger partial charge in [0.2, 0.25) is 0 Å². The summed E-state index contributed by atoms with van der Waals surface area (Å²) in [6, 6.07) is 2.34. The topological polar surface area (TPSA) is 78.7 Å². The van der Waals surface area contributed by atoms with Crippen LogP contribution in [-0.2, 0) is 9.53 Å². The molecule has 6 nitrogen and oxygen atoms in total. The van der Waals surface area contributed by atoms with Gasteiger partial charge < -0.3 is 9.47 Å². The maximum Gasteiger partial charge on any atom is 0.312 e. The Kier molecular flexibility index (Phi) is 4.80. The van der Waals surface area contributed by atoms with Crippen molar-refractivity contribution < 1.29 is 19.2 Å². The van der Waals surface area contributed by atoms with Gasteiger partial charge in [-0.25, -0.2) is 0 Å². The van der Waals surface area contributed by atoms with Gasteiger partial charge in [0, 0.05) is 24.7 Å². The lowest BCUT2D eigenvalue weighted by atomic mass is 10.0. The summed E-state index contributed by atoms with van der Waals surface area (Å²) in [6.45, 7) is 0.655. The maximum atomic E-state index is 11.8. The molecule has 2 rings (SSSR count). The van der Waals surface area contributed by atoms with Gasteiger partial charge in [0.1, 0.15) is 6.61 Å². The average Bonchev–Trinajstić information content (AvgIpc) is 2.93. The summed E-state index contributed by atoms with van der Waals surface area (Å²) in [7, 11) is 0. The number of nitrogens with zero attached hydrogens (tertiary/aromatic N) is 1. The van der Waals surface area contributed by atoms with Crippen molar-refractivity contribution in [3.8, 4) is 5.75 Å². The van der Waals surface area contributed by atoms with E-state index in [-0.39, 0.29) is 39.8 Å². The standard InChI is InChI=1S/C12H11Cl2NO5/c13-8-3-10(15(17)18)12(4-9(8)14)20-6-11(16)7-1-2-19-5-7/h3-4,7H,1-2,5-6H2. The predicted octanol–water partition coefficient (Wildman–Crippen LogP) is 2.89. The minimum absolute atomic E-state index is 0.0567. The molecule has 0 spiro atoms. The van der Waals surface area contributed by atoms with Gasteiger partial charge in [-0.1, -0.05) is 23.2 Å². The van der Waals surface area contributed by atoms with Gasteiger partial charge in [-0.15, -0.1) is 0 Å². The maximum absolute atomic E-state index is 11.8. The highest BCUT2D eigenvalue weighted by Crippen LogP contribution is 2.35. The van der Waals surface area contributed by atoms with E-state index >= 15 is 0 Å². The third-order valence-corrected chi connectivity index (χ3v) is 3.68. The molecular formula is C12H11Cl2NO5. The number of rotatable bonds is 5. The lowest BCUT2D eigenvalue weighted by Gasteiger charge is -2.09. The Hall–Kier alpha value is -1.37. The number of carbonyl (C=O) groups excluding carboxylic acids is 1. The fourth-order valence-electron chi connectivity index (χ4n) is 1.83. The quantitative estimate of drug-likeness (QED) is 0.616. The Morgan fingerprint density at radius 2 is 2.15 bits per heavy atom. The molecule has 20 heavy (non-hydrogen) atoms. The number of carbonyl (C=O) groups is 1. The Balaban J connectivity index is 2.10. The first-order valence-electron chi connectivity index (χ1n) is 5.85. The van der Waals surface area contributed by atoms with E-state index in [0.29, 0.717) is 19.6 Å². The summed E-state index contributed by atoms with van der Waals surface area (Å²) in [5.74, 6) is -0.434. The van der Waals surface area contributed by atoms with Crippen molar-refractivity contribution in [2.45, 2.75) is 6.42 Å². The smallest absolute Gasteiger partial charge is 0.312 e. The number of benzene rings is 1. The van der Waals surface area contributed by atoms with Gasteiger partial charge in [0.25, 0.3) is 0 Å². The van der Waals surface area contributed by atoms with Crippen LogP contribution in [0.2, 0.25) is 10.0 Å². The molecule has 108 valence electrons. The number of hydrogen-bond acceptors (Lipinski definition) is 5. The van der Waals surface area contributed by atoms with E-state index in [9.17, 15) is 14.9 Å². The van der Waals surface area contributed by atoms with Crippen LogP contribution >= 0.6 is 23.2 Å². The van der Waals surface area contributed by atoms with Crippen molar-refractivity contribution in [3.63, 3.8) is 0 Å². The van der Waals surface area contributed by atoms with Gasteiger partial charge in [-0.3, -0.25) is 14.9 Å². The molecule has 1 aromatic rings. The second-order valence-electron chi connectivity index (χ2n) is 4.31. The number of ether oxygens (including phenoxy) is 2. The van der Waals surface area contributed by atoms with E-state index in [2.05, 4.69) is 0 Å². The molecule has 8 heteroatoms. The third-order valence-electron chi connectivity index (χ3n) is 2.95. The summed E-state index contributed by atoms with van der Waals surface area (Å²) in [6.07, 6.45) is 0.645. The largest absolute Gasteiger partial charge is 0.479 e. The summed E-state index contributed by atoms with van der Waals surface area (Å²) in [5, 5.41) is 11.1. The fraction of sp³-hybridized carbons (Fsp3) is 0.417. The van der Waals surface area contributed by atoms with Crippen molar-refractivity contribution in [2.24, 2.45) is 5.92 Å². The van der Waals surface area contributed by atoms with Crippen molar-refractivity contribution in [1.29, 1.82) is 0 Å². The number of nitro groups is 1. The molecule has 0 saturated carbocycles. The first kappa shape index (κ1) is 15.0. The normalized spacial score (nSPS) is 18.0. The Bertz CT molecular complexity index is 543. The van der Waals surface area contributed by atoms with E-state index in [1.165, 1.54) is 6.07 Å². The van der Waals surface area contributed by atoms with E-state index in [1.54, 1.807) is 0 Å². The Morgan fingerprint density at radius 3 is 2.75 bits per heavy atom. The SMILES string of the molecule is O=C(COc1cc(Cl)c(Cl)cc1[N+](=O)[O-])C1CCOC1. The fourth-order valence-corrected chi connectivity index (χ4v) is 2.14. The summed E-state index contributed by atoms with van der Waals surface area (Å²) < 4.78 is 10.3. The molecule has 1 heterocycles. The van der Waals surface area contributed by atoms with Gasteiger partial charge in [0.05, 0.1) is 21.6 Å². The number of hydrogen-bond donors (Lipinski definition) is 0. The number of halogens is 2. The lowest BCUT2D eigenvalue weighted by Crippen LogP contribution is -2.21. The van der Waals surface area contributed by atoms with Crippen LogP contribution in [-0.4, -0.2) is 30.5 Å². The molecule has 1 aliphatic heterocycles. The van der Waals surface area contributed by atoms with Gasteiger partial charge in [-0.05, 0) is 6.42 Å². The minimum Gasteiger partial charge on any atom is -0.479 e. The van der Waals surface area contributed by atoms with Crippen molar-refractivity contribution >= 4 is 34.7 Å². The first-order chi connectivity index (χ1) is 9.49. The van der Waals surface area contributed by atoms with E-state index in [1.807, 2.05) is 0 Å². The van der Waals surface area contributed by atoms with Crippen LogP contribution in [0.5, 0.6) is 5.75 Å². The van der Waals surface area contributed by atoms with Gasteiger partial charge in [-0.2, -0.15) is 0 Å². The van der Waals surface area contributed by atoms with Crippen molar-refractivity contribution in [1.82, 2.24) is 0 Å². The molecule has 1 aromatic carbocycles. The zero-order valence-corrected chi connectivity index (χ0v) is 11.8. The summed E-state index contributed by atoms with van der Waals surface area (Å²) in [5.41, 5.74) is -0.324. The zero-order valence-electron chi connectivity index (χ0n) is 10.3. The molecule has 1 saturated heterocycles. The molecule has 1 aliphatic rings. The van der Waals surface area contributed by atoms with Crippen LogP contribution in [0.4, 0.5) is 5.69 Å². The van der Waals surface area contributed by atoms with Crippen LogP contribution in [0, 0.1) is 16.0 Å². The minimum atomic E-state index is -0.638. The van der Waals surface area contributed by atoms with E-state index in [4.69, 9.17) is 32.7 Å². The summed E-state index contributed by atoms with van der Waals surface area (Å²) in [4.78, 5) is 22.1. The number of Topliss-reactive ketones (excluding diaryl/α,β-unsaturated/α-hetero) is 1. The van der Waals surface area contributed by atoms with Gasteiger partial charge in [0.15, 0.2) is 11.5 Å². The molecular weight excluding hydrogens is 309 g/mol. The van der Waals surface area contributed by atoms with Crippen LogP contribution in [0.3, 0.4) is 0 Å². The lowest BCUT2D eigenvalue weighted by molar-refractivity contribution is -0.385. The third kappa shape index (κ3) is 3.39. The Labute approximate surface area is 124 Å². The highest BCUT2D eigenvalue weighted by Gasteiger charge is 2.25. The molecule has 0 aromatic heterocycles. The number of ketones is 1. The highest BCUT2D eigenvalue weighted by molar-refractivity contribution is 6.42. The van der Waals surface area contributed by atoms with Crippen LogP contribution in [0.15, 0.2) is 12.1 Å². The van der Waals surface area contributed by atoms with Crippen LogP contribution in [0.1, 0.15) is 6.42 Å². The van der Waals surface area contributed by atoms with Gasteiger partial charge >= 0.3 is 5.69 Å². The molecule has 1 fully saturated rings.